The van der Waals surface area contributed by atoms with E-state index < -0.39 is 5.60 Å². The number of hydrogen-bond donors (Lipinski definition) is 1. The summed E-state index contributed by atoms with van der Waals surface area (Å²) in [6.45, 7) is 0. The second-order valence-corrected chi connectivity index (χ2v) is 7.13. The van der Waals surface area contributed by atoms with Crippen LogP contribution in [-0.2, 0) is 16.8 Å². The van der Waals surface area contributed by atoms with E-state index in [1.165, 1.54) is 0 Å². The van der Waals surface area contributed by atoms with Crippen molar-refractivity contribution < 1.29 is 19.1 Å². The fourth-order valence-corrected chi connectivity index (χ4v) is 4.42. The molecule has 0 radical (unpaired) electrons. The van der Waals surface area contributed by atoms with Crippen LogP contribution in [0.15, 0.2) is 47.1 Å². The molecule has 2 aliphatic heterocycles. The van der Waals surface area contributed by atoms with Gasteiger partial charge in [-0.2, -0.15) is 0 Å². The van der Waals surface area contributed by atoms with Crippen molar-refractivity contribution in [3.63, 3.8) is 0 Å². The summed E-state index contributed by atoms with van der Waals surface area (Å²) in [4.78, 5) is 14.9. The Labute approximate surface area is 147 Å². The first-order valence-corrected chi connectivity index (χ1v) is 8.79. The van der Waals surface area contributed by atoms with Crippen molar-refractivity contribution in [3.05, 3.63) is 54.0 Å². The van der Waals surface area contributed by atoms with Gasteiger partial charge in [-0.05, 0) is 42.7 Å². The van der Waals surface area contributed by atoms with E-state index >= 15 is 0 Å². The zero-order chi connectivity index (χ0) is 17.4. The maximum absolute atomic E-state index is 12.9. The Morgan fingerprint density at radius 3 is 2.68 bits per heavy atom. The topological polar surface area (TPSA) is 62.9 Å². The summed E-state index contributed by atoms with van der Waals surface area (Å²) >= 11 is 0. The van der Waals surface area contributed by atoms with Gasteiger partial charge in [0.1, 0.15) is 17.1 Å². The van der Waals surface area contributed by atoms with Gasteiger partial charge in [-0.25, -0.2) is 0 Å². The minimum atomic E-state index is -0.956. The van der Waals surface area contributed by atoms with E-state index in [0.29, 0.717) is 25.0 Å². The molecule has 1 aromatic heterocycles. The molecule has 0 saturated carbocycles. The Bertz CT molecular complexity index is 741. The largest absolute Gasteiger partial charge is 0.497 e. The van der Waals surface area contributed by atoms with Crippen LogP contribution in [0.1, 0.15) is 37.0 Å². The number of piperidine rings is 1. The monoisotopic (exact) mass is 341 g/mol. The van der Waals surface area contributed by atoms with Gasteiger partial charge in [0.15, 0.2) is 0 Å². The fraction of sp³-hybridized carbons (Fsp3) is 0.450. The molecular formula is C20H23NO4. The number of carbonyl (C=O) groups is 1. The summed E-state index contributed by atoms with van der Waals surface area (Å²) < 4.78 is 10.7. The van der Waals surface area contributed by atoms with E-state index in [4.69, 9.17) is 9.15 Å². The van der Waals surface area contributed by atoms with Gasteiger partial charge >= 0.3 is 0 Å². The zero-order valence-corrected chi connectivity index (χ0v) is 14.4. The van der Waals surface area contributed by atoms with Crippen molar-refractivity contribution in [1.82, 2.24) is 4.90 Å². The third kappa shape index (κ3) is 2.93. The lowest BCUT2D eigenvalue weighted by Crippen LogP contribution is -2.52. The van der Waals surface area contributed by atoms with E-state index in [2.05, 4.69) is 0 Å². The summed E-state index contributed by atoms with van der Waals surface area (Å²) in [6.07, 6.45) is 4.93. The zero-order valence-electron chi connectivity index (χ0n) is 14.4. The highest BCUT2D eigenvalue weighted by molar-refractivity contribution is 5.80. The summed E-state index contributed by atoms with van der Waals surface area (Å²) in [6, 6.07) is 11.4. The van der Waals surface area contributed by atoms with Crippen LogP contribution < -0.4 is 4.74 Å². The number of benzene rings is 1. The van der Waals surface area contributed by atoms with Gasteiger partial charge in [0, 0.05) is 24.9 Å². The number of hydrogen-bond acceptors (Lipinski definition) is 4. The van der Waals surface area contributed by atoms with Crippen molar-refractivity contribution in [1.29, 1.82) is 0 Å². The van der Waals surface area contributed by atoms with Gasteiger partial charge < -0.3 is 19.2 Å². The molecule has 2 aromatic rings. The van der Waals surface area contributed by atoms with Crippen molar-refractivity contribution in [2.24, 2.45) is 0 Å². The Morgan fingerprint density at radius 1 is 1.28 bits per heavy atom. The van der Waals surface area contributed by atoms with E-state index in [0.717, 1.165) is 24.2 Å². The molecule has 2 atom stereocenters. The second-order valence-electron chi connectivity index (χ2n) is 7.13. The number of carbonyl (C=O) groups excluding carboxylic acids is 1. The molecular weight excluding hydrogens is 318 g/mol. The predicted molar refractivity (Wildman–Crippen MR) is 92.2 cm³/mol. The molecule has 1 aromatic carbocycles. The number of fused-ring (bicyclic) bond motifs is 2. The molecule has 1 N–H and O–H groups in total. The molecule has 0 spiro atoms. The van der Waals surface area contributed by atoms with Gasteiger partial charge in [-0.1, -0.05) is 12.1 Å². The van der Waals surface area contributed by atoms with E-state index in [1.54, 1.807) is 19.4 Å². The molecule has 0 aliphatic carbocycles. The predicted octanol–water partition coefficient (Wildman–Crippen LogP) is 2.87. The van der Waals surface area contributed by atoms with E-state index in [9.17, 15) is 9.90 Å². The summed E-state index contributed by atoms with van der Waals surface area (Å²) in [7, 11) is 1.63. The average molecular weight is 341 g/mol. The number of amides is 1. The molecule has 4 rings (SSSR count). The van der Waals surface area contributed by atoms with Crippen LogP contribution in [0.5, 0.6) is 5.75 Å². The minimum absolute atomic E-state index is 0.0759. The third-order valence-electron chi connectivity index (χ3n) is 5.52. The maximum Gasteiger partial charge on any atom is 0.227 e. The number of methoxy groups -OCH3 is 1. The summed E-state index contributed by atoms with van der Waals surface area (Å²) in [5.41, 5.74) is -0.00199. The van der Waals surface area contributed by atoms with Gasteiger partial charge in [0.25, 0.3) is 0 Å². The smallest absolute Gasteiger partial charge is 0.227 e. The molecule has 2 aliphatic rings. The Balaban J connectivity index is 1.50. The van der Waals surface area contributed by atoms with Gasteiger partial charge in [0.05, 0.1) is 19.8 Å². The lowest BCUT2D eigenvalue weighted by molar-refractivity contribution is -0.142. The third-order valence-corrected chi connectivity index (χ3v) is 5.52. The van der Waals surface area contributed by atoms with Crippen LogP contribution in [0.25, 0.3) is 0 Å². The Hall–Kier alpha value is -2.27. The standard InChI is InChI=1S/C20H23NO4/c1-24-17-5-2-4-14(10-17)11-19(22)21-15-7-8-16(21)13-20(23,12-15)18-6-3-9-25-18/h2-6,9-10,15-16,23H,7-8,11-13H2,1H3/t15-,16-/m0/s1. The molecule has 132 valence electrons. The minimum Gasteiger partial charge on any atom is -0.497 e. The molecule has 5 nitrogen and oxygen atoms in total. The van der Waals surface area contributed by atoms with Gasteiger partial charge in [-0.15, -0.1) is 0 Å². The molecule has 2 bridgehead atoms. The number of nitrogens with zero attached hydrogens (tertiary/aromatic N) is 1. The Morgan fingerprint density at radius 2 is 2.04 bits per heavy atom. The van der Waals surface area contributed by atoms with Gasteiger partial charge in [0.2, 0.25) is 5.91 Å². The molecule has 5 heteroatoms. The van der Waals surface area contributed by atoms with Crippen LogP contribution in [0.4, 0.5) is 0 Å². The highest BCUT2D eigenvalue weighted by atomic mass is 16.5. The van der Waals surface area contributed by atoms with Crippen LogP contribution in [0.3, 0.4) is 0 Å². The highest BCUT2D eigenvalue weighted by Crippen LogP contribution is 2.46. The van der Waals surface area contributed by atoms with Crippen molar-refractivity contribution in [2.45, 2.75) is 49.8 Å². The summed E-state index contributed by atoms with van der Waals surface area (Å²) in [5.74, 6) is 1.51. The quantitative estimate of drug-likeness (QED) is 0.929. The molecule has 0 unspecified atom stereocenters. The highest BCUT2D eigenvalue weighted by Gasteiger charge is 2.51. The Kier molecular flexibility index (Phi) is 4.04. The van der Waals surface area contributed by atoms with E-state index in [1.807, 2.05) is 35.2 Å². The molecule has 2 saturated heterocycles. The molecule has 25 heavy (non-hydrogen) atoms. The first kappa shape index (κ1) is 16.2. The van der Waals surface area contributed by atoms with E-state index in [-0.39, 0.29) is 18.0 Å². The SMILES string of the molecule is COc1cccc(CC(=O)N2[C@H]3CC[C@H]2CC(O)(c2ccco2)C3)c1. The number of rotatable bonds is 4. The lowest BCUT2D eigenvalue weighted by atomic mass is 9.84. The lowest BCUT2D eigenvalue weighted by Gasteiger charge is -2.43. The van der Waals surface area contributed by atoms with Crippen molar-refractivity contribution >= 4 is 5.91 Å². The van der Waals surface area contributed by atoms with Gasteiger partial charge in [-0.3, -0.25) is 4.79 Å². The normalized spacial score (nSPS) is 28.2. The maximum atomic E-state index is 12.9. The number of ether oxygens (including phenoxy) is 1. The summed E-state index contributed by atoms with van der Waals surface area (Å²) in [5, 5.41) is 11.0. The van der Waals surface area contributed by atoms with Crippen molar-refractivity contribution in [2.75, 3.05) is 7.11 Å². The average Bonchev–Trinajstić information content (AvgIpc) is 3.23. The molecule has 3 heterocycles. The van der Waals surface area contributed by atoms with Crippen LogP contribution >= 0.6 is 0 Å². The molecule has 2 fully saturated rings. The van der Waals surface area contributed by atoms with Crippen LogP contribution in [0.2, 0.25) is 0 Å². The fourth-order valence-electron chi connectivity index (χ4n) is 4.42. The van der Waals surface area contributed by atoms with Crippen LogP contribution in [-0.4, -0.2) is 35.1 Å². The van der Waals surface area contributed by atoms with Crippen molar-refractivity contribution in [3.8, 4) is 5.75 Å². The second kappa shape index (κ2) is 6.23. The van der Waals surface area contributed by atoms with Crippen LogP contribution in [0, 0.1) is 0 Å². The molecule has 1 amide bonds. The first-order valence-electron chi connectivity index (χ1n) is 8.79. The number of aliphatic hydroxyl groups is 1. The number of furan rings is 1. The first-order chi connectivity index (χ1) is 12.1.